The van der Waals surface area contributed by atoms with Crippen LogP contribution in [0.4, 0.5) is 0 Å². The van der Waals surface area contributed by atoms with Crippen molar-refractivity contribution < 1.29 is 17.1 Å². The molecule has 0 amide bonds. The molecule has 21 heavy (non-hydrogen) atoms. The second-order valence-corrected chi connectivity index (χ2v) is 6.83. The zero-order valence-corrected chi connectivity index (χ0v) is 13.8. The van der Waals surface area contributed by atoms with Crippen LogP contribution >= 0.6 is 0 Å². The second-order valence-electron chi connectivity index (χ2n) is 4.38. The Morgan fingerprint density at radius 2 is 1.10 bits per heavy atom. The van der Waals surface area contributed by atoms with Gasteiger partial charge in [0.2, 0.25) is 0 Å². The van der Waals surface area contributed by atoms with Crippen LogP contribution in [0.2, 0.25) is 0 Å². The largest absolute Gasteiger partial charge is 1.00 e. The van der Waals surface area contributed by atoms with Crippen molar-refractivity contribution in [3.05, 3.63) is 91.0 Å². The first kappa shape index (κ1) is 18.0. The molecular weight excluding hydrogens is 315 g/mol. The van der Waals surface area contributed by atoms with E-state index in [0.717, 1.165) is 0 Å². The molecule has 2 radical (unpaired) electrons. The Bertz CT molecular complexity index is 535. The molecule has 0 saturated carbocycles. The zero-order valence-electron chi connectivity index (χ0n) is 11.9. The minimum Gasteiger partial charge on any atom is -0.184 e. The fourth-order valence-corrected chi connectivity index (χ4v) is 4.73. The number of benzene rings is 3. The third-order valence-corrected chi connectivity index (χ3v) is 5.77. The molecule has 3 rings (SSSR count). The fourth-order valence-electron chi connectivity index (χ4n) is 2.24. The van der Waals surface area contributed by atoms with Gasteiger partial charge < -0.3 is 0 Å². The number of hydrogen-bond donors (Lipinski definition) is 0. The third-order valence-electron chi connectivity index (χ3n) is 3.10. The van der Waals surface area contributed by atoms with Gasteiger partial charge in [0.25, 0.3) is 0 Å². The van der Waals surface area contributed by atoms with E-state index in [1.807, 2.05) is 12.1 Å². The molecule has 0 aliphatic rings. The first-order chi connectivity index (χ1) is 9.45. The van der Waals surface area contributed by atoms with E-state index in [4.69, 9.17) is 0 Å². The summed E-state index contributed by atoms with van der Waals surface area (Å²) in [7, 11) is -0.933. The van der Waals surface area contributed by atoms with Gasteiger partial charge in [-0.2, -0.15) is 35.5 Å². The average Bonchev–Trinajstić information content (AvgIpc) is 2.51. The smallest absolute Gasteiger partial charge is 0.184 e. The van der Waals surface area contributed by atoms with Crippen molar-refractivity contribution in [2.24, 2.45) is 0 Å². The quantitative estimate of drug-likeness (QED) is 0.389. The van der Waals surface area contributed by atoms with Crippen LogP contribution in [0.25, 0.3) is 0 Å². The minimum absolute atomic E-state index is 0. The summed E-state index contributed by atoms with van der Waals surface area (Å²) in [6.45, 7) is 0. The molecule has 0 aliphatic heterocycles. The fraction of sp³-hybridized carbons (Fsp3) is 0. The van der Waals surface area contributed by atoms with Crippen LogP contribution in [0, 0.1) is 6.07 Å². The molecule has 0 atom stereocenters. The van der Waals surface area contributed by atoms with Gasteiger partial charge in [-0.15, -0.1) is 0 Å². The molecule has 0 N–H and O–H groups in total. The molecule has 102 valence electrons. The Labute approximate surface area is 150 Å². The Morgan fingerprint density at radius 1 is 0.619 bits per heavy atom. The minimum atomic E-state index is -0.933. The first-order valence-electron chi connectivity index (χ1n) is 6.40. The molecule has 0 heterocycles. The summed E-state index contributed by atoms with van der Waals surface area (Å²) in [5.74, 6) is 0. The monoisotopic (exact) mass is 328 g/mol. The van der Waals surface area contributed by atoms with Gasteiger partial charge in [-0.1, -0.05) is 71.0 Å². The summed E-state index contributed by atoms with van der Waals surface area (Å²) in [5, 5.41) is 4.12. The van der Waals surface area contributed by atoms with E-state index in [9.17, 15) is 0 Å². The Kier molecular flexibility index (Phi) is 7.82. The van der Waals surface area contributed by atoms with Gasteiger partial charge in [-0.3, -0.25) is 0 Å². The van der Waals surface area contributed by atoms with Crippen LogP contribution in [-0.4, -0.2) is 27.7 Å². The maximum atomic E-state index is 3.41. The van der Waals surface area contributed by atoms with E-state index in [0.29, 0.717) is 0 Å². The van der Waals surface area contributed by atoms with Gasteiger partial charge in [-0.05, 0) is 0 Å². The van der Waals surface area contributed by atoms with Gasteiger partial charge in [0.1, 0.15) is 8.80 Å². The standard InChI is InChI=1S/C18H14Si.Cu.Li/c1-4-10-16(11-5-1)19(17-12-6-2-7-13-17)18-14-8-3-9-15-18;;/h1-14H;;/q-1;+1;. The Hall–Kier alpha value is -1.01. The SMILES string of the molecule is [Cu+].[Li].[c-]1ccccc1[Si](c1ccccc1)c1ccccc1. The van der Waals surface area contributed by atoms with E-state index < -0.39 is 8.80 Å². The summed E-state index contributed by atoms with van der Waals surface area (Å²) in [6, 6.07) is 33.2. The van der Waals surface area contributed by atoms with Crippen molar-refractivity contribution in [2.75, 3.05) is 0 Å². The summed E-state index contributed by atoms with van der Waals surface area (Å²) < 4.78 is 0. The summed E-state index contributed by atoms with van der Waals surface area (Å²) >= 11 is 0. The Balaban J connectivity index is 0.00000110. The molecule has 3 heteroatoms. The average molecular weight is 329 g/mol. The van der Waals surface area contributed by atoms with Crippen LogP contribution in [0.5, 0.6) is 0 Å². The zero-order chi connectivity index (χ0) is 12.9. The van der Waals surface area contributed by atoms with E-state index >= 15 is 0 Å². The normalized spacial score (nSPS) is 9.57. The first-order valence-corrected chi connectivity index (χ1v) is 7.90. The predicted octanol–water partition coefficient (Wildman–Crippen LogP) is 1.62. The van der Waals surface area contributed by atoms with Crippen molar-refractivity contribution >= 4 is 43.2 Å². The molecule has 0 saturated heterocycles. The van der Waals surface area contributed by atoms with Gasteiger partial charge in [0, 0.05) is 18.9 Å². The van der Waals surface area contributed by atoms with Gasteiger partial charge in [0.15, 0.2) is 0 Å². The van der Waals surface area contributed by atoms with Crippen molar-refractivity contribution in [1.82, 2.24) is 0 Å². The Morgan fingerprint density at radius 3 is 1.52 bits per heavy atom. The molecule has 0 fully saturated rings. The summed E-state index contributed by atoms with van der Waals surface area (Å²) in [4.78, 5) is 0. The molecule has 0 nitrogen and oxygen atoms in total. The van der Waals surface area contributed by atoms with E-state index in [-0.39, 0.29) is 35.9 Å². The van der Waals surface area contributed by atoms with Crippen molar-refractivity contribution in [1.29, 1.82) is 0 Å². The van der Waals surface area contributed by atoms with Gasteiger partial charge >= 0.3 is 17.1 Å². The number of hydrogen-bond acceptors (Lipinski definition) is 0. The summed E-state index contributed by atoms with van der Waals surface area (Å²) in [6.07, 6.45) is 0. The molecule has 3 aromatic carbocycles. The van der Waals surface area contributed by atoms with Gasteiger partial charge in [-0.25, -0.2) is 0 Å². The maximum absolute atomic E-state index is 3.41. The third kappa shape index (κ3) is 4.48. The molecule has 0 unspecified atom stereocenters. The predicted molar refractivity (Wildman–Crippen MR) is 88.6 cm³/mol. The second kappa shape index (κ2) is 9.10. The van der Waals surface area contributed by atoms with Crippen LogP contribution in [-0.2, 0) is 17.1 Å². The maximum Gasteiger partial charge on any atom is 1.00 e. The molecular formula is C18H14CuLiSi. The molecule has 3 aromatic rings. The molecule has 0 aliphatic carbocycles. The summed E-state index contributed by atoms with van der Waals surface area (Å²) in [5.41, 5.74) is 0. The van der Waals surface area contributed by atoms with Crippen molar-refractivity contribution in [3.63, 3.8) is 0 Å². The van der Waals surface area contributed by atoms with E-state index in [1.165, 1.54) is 15.6 Å². The van der Waals surface area contributed by atoms with E-state index in [1.54, 1.807) is 0 Å². The van der Waals surface area contributed by atoms with Crippen molar-refractivity contribution in [3.8, 4) is 0 Å². The van der Waals surface area contributed by atoms with Gasteiger partial charge in [0.05, 0.1) is 0 Å². The van der Waals surface area contributed by atoms with Crippen LogP contribution in [0.3, 0.4) is 0 Å². The molecule has 0 spiro atoms. The van der Waals surface area contributed by atoms with Crippen molar-refractivity contribution in [2.45, 2.75) is 0 Å². The molecule has 0 aromatic heterocycles. The topological polar surface area (TPSA) is 0 Å². The van der Waals surface area contributed by atoms with Crippen LogP contribution < -0.4 is 15.6 Å². The number of rotatable bonds is 3. The molecule has 0 bridgehead atoms. The van der Waals surface area contributed by atoms with Crippen LogP contribution in [0.15, 0.2) is 84.9 Å². The van der Waals surface area contributed by atoms with Crippen LogP contribution in [0.1, 0.15) is 0 Å². The van der Waals surface area contributed by atoms with E-state index in [2.05, 4.69) is 78.9 Å².